The molecule has 0 bridgehead atoms. The molecule has 21 heavy (non-hydrogen) atoms. The number of amides is 2. The van der Waals surface area contributed by atoms with Crippen LogP contribution in [0.25, 0.3) is 0 Å². The first-order chi connectivity index (χ1) is 9.99. The van der Waals surface area contributed by atoms with Gasteiger partial charge in [0, 0.05) is 32.7 Å². The quantitative estimate of drug-likeness (QED) is 0.695. The van der Waals surface area contributed by atoms with Crippen molar-refractivity contribution in [3.8, 4) is 0 Å². The summed E-state index contributed by atoms with van der Waals surface area (Å²) in [6.45, 7) is 10.0. The normalized spacial score (nSPS) is 19.1. The lowest BCUT2D eigenvalue weighted by Crippen LogP contribution is -2.55. The zero-order chi connectivity index (χ0) is 15.8. The molecule has 1 aliphatic rings. The fourth-order valence-electron chi connectivity index (χ4n) is 2.36. The first kappa shape index (κ1) is 17.9. The summed E-state index contributed by atoms with van der Waals surface area (Å²) in [5, 5.41) is 2.87. The molecule has 0 spiro atoms. The molecule has 2 atom stereocenters. The number of carbonyl (C=O) groups excluding carboxylic acids is 2. The van der Waals surface area contributed by atoms with Gasteiger partial charge in [0.25, 0.3) is 0 Å². The molecule has 0 aromatic carbocycles. The van der Waals surface area contributed by atoms with Crippen molar-refractivity contribution < 1.29 is 9.59 Å². The predicted octanol–water partition coefficient (Wildman–Crippen LogP) is 0.0302. The second-order valence-electron chi connectivity index (χ2n) is 5.86. The SMILES string of the molecule is CCCNC(=O)CN1CCN(C(=O)C(N)C(C)CC)CC1. The summed E-state index contributed by atoms with van der Waals surface area (Å²) in [6, 6.07) is -0.408. The van der Waals surface area contributed by atoms with Gasteiger partial charge in [0.05, 0.1) is 12.6 Å². The van der Waals surface area contributed by atoms with Gasteiger partial charge in [-0.3, -0.25) is 14.5 Å². The Morgan fingerprint density at radius 1 is 1.19 bits per heavy atom. The van der Waals surface area contributed by atoms with Gasteiger partial charge >= 0.3 is 0 Å². The molecular weight excluding hydrogens is 268 g/mol. The van der Waals surface area contributed by atoms with Crippen LogP contribution in [0.4, 0.5) is 0 Å². The smallest absolute Gasteiger partial charge is 0.239 e. The molecule has 1 fully saturated rings. The first-order valence-electron chi connectivity index (χ1n) is 8.03. The Kier molecular flexibility index (Phi) is 7.67. The van der Waals surface area contributed by atoms with Gasteiger partial charge in [-0.25, -0.2) is 0 Å². The van der Waals surface area contributed by atoms with Crippen LogP contribution in [0.2, 0.25) is 0 Å². The molecule has 1 aliphatic heterocycles. The highest BCUT2D eigenvalue weighted by Crippen LogP contribution is 2.10. The molecule has 2 unspecified atom stereocenters. The first-order valence-corrected chi connectivity index (χ1v) is 8.03. The second kappa shape index (κ2) is 9.00. The van der Waals surface area contributed by atoms with Gasteiger partial charge in [-0.15, -0.1) is 0 Å². The Balaban J connectivity index is 2.34. The number of nitrogens with one attached hydrogen (secondary N) is 1. The van der Waals surface area contributed by atoms with Gasteiger partial charge in [-0.2, -0.15) is 0 Å². The monoisotopic (exact) mass is 298 g/mol. The minimum Gasteiger partial charge on any atom is -0.355 e. The van der Waals surface area contributed by atoms with E-state index < -0.39 is 6.04 Å². The standard InChI is InChI=1S/C15H30N4O2/c1-4-6-17-13(20)11-18-7-9-19(10-8-18)15(21)14(16)12(3)5-2/h12,14H,4-11,16H2,1-3H3,(H,17,20). The topological polar surface area (TPSA) is 78.7 Å². The number of hydrogen-bond acceptors (Lipinski definition) is 4. The Morgan fingerprint density at radius 2 is 1.81 bits per heavy atom. The summed E-state index contributed by atoms with van der Waals surface area (Å²) in [7, 11) is 0. The van der Waals surface area contributed by atoms with Crippen molar-refractivity contribution in [2.45, 2.75) is 39.7 Å². The molecule has 1 saturated heterocycles. The van der Waals surface area contributed by atoms with Gasteiger partial charge < -0.3 is 16.0 Å². The maximum atomic E-state index is 12.3. The molecule has 6 heteroatoms. The number of carbonyl (C=O) groups is 2. The van der Waals surface area contributed by atoms with E-state index in [1.54, 1.807) is 0 Å². The Hall–Kier alpha value is -1.14. The molecule has 0 aromatic heterocycles. The van der Waals surface area contributed by atoms with Gasteiger partial charge in [0.15, 0.2) is 0 Å². The van der Waals surface area contributed by atoms with E-state index in [9.17, 15) is 9.59 Å². The van der Waals surface area contributed by atoms with E-state index in [0.717, 1.165) is 32.5 Å². The van der Waals surface area contributed by atoms with Crippen LogP contribution in [0.5, 0.6) is 0 Å². The predicted molar refractivity (Wildman–Crippen MR) is 83.8 cm³/mol. The Morgan fingerprint density at radius 3 is 2.33 bits per heavy atom. The second-order valence-corrected chi connectivity index (χ2v) is 5.86. The number of piperazine rings is 1. The lowest BCUT2D eigenvalue weighted by Gasteiger charge is -2.36. The van der Waals surface area contributed by atoms with Crippen LogP contribution < -0.4 is 11.1 Å². The van der Waals surface area contributed by atoms with E-state index >= 15 is 0 Å². The summed E-state index contributed by atoms with van der Waals surface area (Å²) < 4.78 is 0. The molecule has 6 nitrogen and oxygen atoms in total. The number of hydrogen-bond donors (Lipinski definition) is 2. The van der Waals surface area contributed by atoms with Crippen molar-refractivity contribution in [1.82, 2.24) is 15.1 Å². The van der Waals surface area contributed by atoms with Crippen molar-refractivity contribution in [1.29, 1.82) is 0 Å². The maximum absolute atomic E-state index is 12.3. The van der Waals surface area contributed by atoms with E-state index in [2.05, 4.69) is 10.2 Å². The summed E-state index contributed by atoms with van der Waals surface area (Å²) in [6.07, 6.45) is 1.85. The largest absolute Gasteiger partial charge is 0.355 e. The number of nitrogens with two attached hydrogens (primary N) is 1. The van der Waals surface area contributed by atoms with Crippen LogP contribution in [0.1, 0.15) is 33.6 Å². The minimum atomic E-state index is -0.408. The van der Waals surface area contributed by atoms with Crippen LogP contribution in [0.15, 0.2) is 0 Å². The summed E-state index contributed by atoms with van der Waals surface area (Å²) in [5.74, 6) is 0.308. The third-order valence-corrected chi connectivity index (χ3v) is 4.17. The van der Waals surface area contributed by atoms with Crippen LogP contribution in [0.3, 0.4) is 0 Å². The molecule has 0 radical (unpaired) electrons. The number of nitrogens with zero attached hydrogens (tertiary/aromatic N) is 2. The van der Waals surface area contributed by atoms with E-state index in [1.165, 1.54) is 0 Å². The zero-order valence-corrected chi connectivity index (χ0v) is 13.6. The van der Waals surface area contributed by atoms with Gasteiger partial charge in [-0.1, -0.05) is 27.2 Å². The lowest BCUT2D eigenvalue weighted by atomic mass is 9.98. The van der Waals surface area contributed by atoms with Crippen LogP contribution in [-0.2, 0) is 9.59 Å². The highest BCUT2D eigenvalue weighted by molar-refractivity contribution is 5.82. The summed E-state index contributed by atoms with van der Waals surface area (Å²) in [5.41, 5.74) is 6.00. The average molecular weight is 298 g/mol. The number of rotatable bonds is 7. The lowest BCUT2D eigenvalue weighted by molar-refractivity contribution is -0.135. The third kappa shape index (κ3) is 5.63. The van der Waals surface area contributed by atoms with E-state index in [1.807, 2.05) is 25.7 Å². The van der Waals surface area contributed by atoms with Crippen LogP contribution >= 0.6 is 0 Å². The Bertz CT molecular complexity index is 341. The van der Waals surface area contributed by atoms with Gasteiger partial charge in [0.1, 0.15) is 0 Å². The average Bonchev–Trinajstić information content (AvgIpc) is 2.51. The van der Waals surface area contributed by atoms with Crippen molar-refractivity contribution >= 4 is 11.8 Å². The molecule has 122 valence electrons. The van der Waals surface area contributed by atoms with Crippen LogP contribution in [-0.4, -0.2) is 66.9 Å². The van der Waals surface area contributed by atoms with E-state index in [4.69, 9.17) is 5.73 Å². The third-order valence-electron chi connectivity index (χ3n) is 4.17. The molecule has 3 N–H and O–H groups in total. The molecule has 1 heterocycles. The summed E-state index contributed by atoms with van der Waals surface area (Å²) in [4.78, 5) is 27.9. The van der Waals surface area contributed by atoms with E-state index in [0.29, 0.717) is 19.6 Å². The highest BCUT2D eigenvalue weighted by Gasteiger charge is 2.28. The van der Waals surface area contributed by atoms with Gasteiger partial charge in [0.2, 0.25) is 11.8 Å². The van der Waals surface area contributed by atoms with Crippen molar-refractivity contribution in [2.75, 3.05) is 39.3 Å². The van der Waals surface area contributed by atoms with Crippen molar-refractivity contribution in [3.63, 3.8) is 0 Å². The van der Waals surface area contributed by atoms with Crippen molar-refractivity contribution in [3.05, 3.63) is 0 Å². The van der Waals surface area contributed by atoms with Gasteiger partial charge in [-0.05, 0) is 12.3 Å². The molecule has 1 rings (SSSR count). The molecule has 0 aliphatic carbocycles. The van der Waals surface area contributed by atoms with Crippen molar-refractivity contribution in [2.24, 2.45) is 11.7 Å². The zero-order valence-electron chi connectivity index (χ0n) is 13.6. The molecular formula is C15H30N4O2. The fourth-order valence-corrected chi connectivity index (χ4v) is 2.36. The van der Waals surface area contributed by atoms with E-state index in [-0.39, 0.29) is 17.7 Å². The molecule has 0 aromatic rings. The Labute approximate surface area is 128 Å². The summed E-state index contributed by atoms with van der Waals surface area (Å²) >= 11 is 0. The van der Waals surface area contributed by atoms with Crippen LogP contribution in [0, 0.1) is 5.92 Å². The highest BCUT2D eigenvalue weighted by atomic mass is 16.2. The maximum Gasteiger partial charge on any atom is 0.239 e. The molecule has 2 amide bonds. The fraction of sp³-hybridized carbons (Fsp3) is 0.867. The minimum absolute atomic E-state index is 0.0411. The molecule has 0 saturated carbocycles.